The molecule has 1 amide bonds. The second kappa shape index (κ2) is 10.1. The molecule has 1 fully saturated rings. The highest BCUT2D eigenvalue weighted by molar-refractivity contribution is 9.10. The van der Waals surface area contributed by atoms with Crippen molar-refractivity contribution in [3.8, 4) is 5.75 Å². The molecule has 1 aliphatic rings. The predicted octanol–water partition coefficient (Wildman–Crippen LogP) is 6.64. The van der Waals surface area contributed by atoms with Crippen LogP contribution in [0.2, 0.25) is 0 Å². The molecule has 0 aromatic heterocycles. The van der Waals surface area contributed by atoms with Crippen molar-refractivity contribution in [2.45, 2.75) is 6.61 Å². The van der Waals surface area contributed by atoms with E-state index in [1.807, 2.05) is 55.4 Å². The van der Waals surface area contributed by atoms with Crippen LogP contribution < -0.4 is 14.5 Å². The van der Waals surface area contributed by atoms with Crippen LogP contribution in [-0.2, 0) is 11.4 Å². The third-order valence-corrected chi connectivity index (χ3v) is 6.81. The van der Waals surface area contributed by atoms with Crippen molar-refractivity contribution < 1.29 is 13.9 Å². The number of hydrogen-bond acceptors (Lipinski definition) is 5. The first-order chi connectivity index (χ1) is 15.8. The van der Waals surface area contributed by atoms with E-state index in [4.69, 9.17) is 17.0 Å². The van der Waals surface area contributed by atoms with Crippen LogP contribution in [0.15, 0.2) is 76.1 Å². The molecule has 0 unspecified atom stereocenters. The van der Waals surface area contributed by atoms with Crippen molar-refractivity contribution in [2.75, 3.05) is 23.9 Å². The summed E-state index contributed by atoms with van der Waals surface area (Å²) in [5, 5.41) is 0. The third kappa shape index (κ3) is 5.29. The van der Waals surface area contributed by atoms with Crippen LogP contribution in [-0.4, -0.2) is 24.3 Å². The Morgan fingerprint density at radius 3 is 2.55 bits per heavy atom. The lowest BCUT2D eigenvalue weighted by molar-refractivity contribution is -0.113. The highest BCUT2D eigenvalue weighted by Gasteiger charge is 2.33. The van der Waals surface area contributed by atoms with E-state index in [1.165, 1.54) is 22.7 Å². The average Bonchev–Trinajstić information content (AvgIpc) is 3.07. The Labute approximate surface area is 210 Å². The monoisotopic (exact) mass is 542 g/mol. The topological polar surface area (TPSA) is 32.8 Å². The molecule has 3 aromatic carbocycles. The first-order valence-corrected chi connectivity index (χ1v) is 12.1. The number of amides is 1. The molecular formula is C25H20BrFN2O2S2. The molecule has 0 spiro atoms. The van der Waals surface area contributed by atoms with E-state index in [2.05, 4.69) is 15.9 Å². The van der Waals surface area contributed by atoms with Gasteiger partial charge in [0.25, 0.3) is 5.91 Å². The zero-order valence-electron chi connectivity index (χ0n) is 17.9. The number of thiocarbonyl (C=S) groups is 1. The van der Waals surface area contributed by atoms with Gasteiger partial charge in [-0.05, 0) is 54.6 Å². The SMILES string of the molecule is CN(C)c1ccc(N2C(=O)/C(=C/c3cc(Br)ccc3OCc3ccccc3F)SC2=S)cc1. The second-order valence-corrected chi connectivity index (χ2v) is 10.1. The molecule has 4 rings (SSSR count). The molecule has 4 nitrogen and oxygen atoms in total. The average molecular weight is 543 g/mol. The van der Waals surface area contributed by atoms with Crippen LogP contribution in [0.25, 0.3) is 6.08 Å². The number of hydrogen-bond donors (Lipinski definition) is 0. The molecule has 0 radical (unpaired) electrons. The molecule has 1 aliphatic heterocycles. The zero-order chi connectivity index (χ0) is 23.5. The van der Waals surface area contributed by atoms with Crippen LogP contribution >= 0.6 is 39.9 Å². The largest absolute Gasteiger partial charge is 0.488 e. The summed E-state index contributed by atoms with van der Waals surface area (Å²) in [6, 6.07) is 19.6. The first kappa shape index (κ1) is 23.5. The summed E-state index contributed by atoms with van der Waals surface area (Å²) in [7, 11) is 3.92. The van der Waals surface area contributed by atoms with E-state index in [0.29, 0.717) is 26.1 Å². The van der Waals surface area contributed by atoms with E-state index >= 15 is 0 Å². The molecule has 0 N–H and O–H groups in total. The first-order valence-electron chi connectivity index (χ1n) is 10.0. The molecule has 1 saturated heterocycles. The van der Waals surface area contributed by atoms with Gasteiger partial charge in [-0.2, -0.15) is 0 Å². The number of nitrogens with zero attached hydrogens (tertiary/aromatic N) is 2. The summed E-state index contributed by atoms with van der Waals surface area (Å²) in [6.07, 6.45) is 1.76. The molecule has 1 heterocycles. The van der Waals surface area contributed by atoms with E-state index in [0.717, 1.165) is 15.8 Å². The number of halogens is 2. The maximum atomic E-state index is 14.0. The molecule has 0 atom stereocenters. The summed E-state index contributed by atoms with van der Waals surface area (Å²) in [4.78, 5) is 17.2. The highest BCUT2D eigenvalue weighted by atomic mass is 79.9. The van der Waals surface area contributed by atoms with Gasteiger partial charge in [-0.1, -0.05) is 58.1 Å². The summed E-state index contributed by atoms with van der Waals surface area (Å²) in [5.74, 6) is 0.0296. The van der Waals surface area contributed by atoms with E-state index in [9.17, 15) is 9.18 Å². The molecule has 0 aliphatic carbocycles. The van der Waals surface area contributed by atoms with Crippen molar-refractivity contribution in [1.82, 2.24) is 0 Å². The Morgan fingerprint density at radius 1 is 1.12 bits per heavy atom. The van der Waals surface area contributed by atoms with E-state index < -0.39 is 0 Å². The summed E-state index contributed by atoms with van der Waals surface area (Å²) in [6.45, 7) is 0.0777. The summed E-state index contributed by atoms with van der Waals surface area (Å²) in [5.41, 5.74) is 2.91. The second-order valence-electron chi connectivity index (χ2n) is 7.49. The number of carbonyl (C=O) groups is 1. The van der Waals surface area contributed by atoms with Crippen molar-refractivity contribution in [3.63, 3.8) is 0 Å². The van der Waals surface area contributed by atoms with Gasteiger partial charge in [0, 0.05) is 35.4 Å². The Balaban J connectivity index is 1.59. The predicted molar refractivity (Wildman–Crippen MR) is 141 cm³/mol. The standard InChI is InChI=1S/C25H20BrFN2O2S2/c1-28(2)19-8-10-20(11-9-19)29-24(30)23(33-25(29)32)14-17-13-18(26)7-12-22(17)31-15-16-5-3-4-6-21(16)27/h3-14H,15H2,1-2H3/b23-14-. The fourth-order valence-electron chi connectivity index (χ4n) is 3.27. The van der Waals surface area contributed by atoms with E-state index in [1.54, 1.807) is 30.3 Å². The number of carbonyl (C=O) groups excluding carboxylic acids is 1. The Bertz CT molecular complexity index is 1250. The minimum absolute atomic E-state index is 0.0777. The van der Waals surface area contributed by atoms with Gasteiger partial charge in [-0.25, -0.2) is 4.39 Å². The summed E-state index contributed by atoms with van der Waals surface area (Å²) >= 11 is 10.2. The fraction of sp³-hybridized carbons (Fsp3) is 0.120. The van der Waals surface area contributed by atoms with Gasteiger partial charge >= 0.3 is 0 Å². The quantitative estimate of drug-likeness (QED) is 0.257. The Morgan fingerprint density at radius 2 is 1.85 bits per heavy atom. The van der Waals surface area contributed by atoms with Crippen LogP contribution in [0.4, 0.5) is 15.8 Å². The summed E-state index contributed by atoms with van der Waals surface area (Å²) < 4.78 is 21.2. The van der Waals surface area contributed by atoms with Gasteiger partial charge in [-0.3, -0.25) is 9.69 Å². The number of benzene rings is 3. The molecule has 0 saturated carbocycles. The third-order valence-electron chi connectivity index (χ3n) is 5.02. The normalized spacial score (nSPS) is 14.8. The molecule has 33 heavy (non-hydrogen) atoms. The lowest BCUT2D eigenvalue weighted by Crippen LogP contribution is -2.27. The van der Waals surface area contributed by atoms with Crippen LogP contribution in [0.5, 0.6) is 5.75 Å². The van der Waals surface area contributed by atoms with Crippen molar-refractivity contribution in [2.24, 2.45) is 0 Å². The highest BCUT2D eigenvalue weighted by Crippen LogP contribution is 2.38. The smallest absolute Gasteiger partial charge is 0.270 e. The maximum absolute atomic E-state index is 14.0. The number of rotatable bonds is 6. The van der Waals surface area contributed by atoms with Gasteiger partial charge < -0.3 is 9.64 Å². The van der Waals surface area contributed by atoms with Crippen LogP contribution in [0, 0.1) is 5.82 Å². The van der Waals surface area contributed by atoms with Crippen LogP contribution in [0.3, 0.4) is 0 Å². The Hall–Kier alpha value is -2.68. The van der Waals surface area contributed by atoms with Crippen molar-refractivity contribution >= 4 is 67.6 Å². The molecule has 8 heteroatoms. The zero-order valence-corrected chi connectivity index (χ0v) is 21.1. The molecular weight excluding hydrogens is 523 g/mol. The van der Waals surface area contributed by atoms with Gasteiger partial charge in [0.1, 0.15) is 18.2 Å². The molecule has 0 bridgehead atoms. The van der Waals surface area contributed by atoms with E-state index in [-0.39, 0.29) is 18.3 Å². The van der Waals surface area contributed by atoms with Gasteiger partial charge in [0.2, 0.25) is 0 Å². The van der Waals surface area contributed by atoms with Crippen molar-refractivity contribution in [3.05, 3.63) is 93.1 Å². The lowest BCUT2D eigenvalue weighted by atomic mass is 10.1. The van der Waals surface area contributed by atoms with Crippen molar-refractivity contribution in [1.29, 1.82) is 0 Å². The molecule has 168 valence electrons. The fourth-order valence-corrected chi connectivity index (χ4v) is 4.93. The number of thioether (sulfide) groups is 1. The number of ether oxygens (including phenoxy) is 1. The van der Waals surface area contributed by atoms with Crippen LogP contribution in [0.1, 0.15) is 11.1 Å². The minimum Gasteiger partial charge on any atom is -0.488 e. The Kier molecular flexibility index (Phi) is 7.17. The maximum Gasteiger partial charge on any atom is 0.270 e. The van der Waals surface area contributed by atoms with Gasteiger partial charge in [0.15, 0.2) is 4.32 Å². The van der Waals surface area contributed by atoms with Gasteiger partial charge in [0.05, 0.1) is 10.6 Å². The van der Waals surface area contributed by atoms with Gasteiger partial charge in [-0.15, -0.1) is 0 Å². The molecule has 3 aromatic rings. The number of anilines is 2. The minimum atomic E-state index is -0.322. The lowest BCUT2D eigenvalue weighted by Gasteiger charge is -2.17.